The predicted octanol–water partition coefficient (Wildman–Crippen LogP) is 4.05. The fraction of sp³-hybridized carbons (Fsp3) is 0.316. The van der Waals surface area contributed by atoms with Crippen molar-refractivity contribution in [2.24, 2.45) is 0 Å². The Hall–Kier alpha value is -2.49. The first-order valence-electron chi connectivity index (χ1n) is 8.33. The van der Waals surface area contributed by atoms with Crippen LogP contribution < -0.4 is 15.5 Å². The summed E-state index contributed by atoms with van der Waals surface area (Å²) in [7, 11) is 0. The summed E-state index contributed by atoms with van der Waals surface area (Å²) in [6.07, 6.45) is 4.51. The Balaban J connectivity index is 1.49. The van der Waals surface area contributed by atoms with Crippen molar-refractivity contribution in [2.45, 2.75) is 31.7 Å². The van der Waals surface area contributed by atoms with Crippen molar-refractivity contribution in [3.63, 3.8) is 0 Å². The van der Waals surface area contributed by atoms with E-state index in [9.17, 15) is 4.79 Å². The van der Waals surface area contributed by atoms with Gasteiger partial charge in [0.2, 0.25) is 0 Å². The number of benzene rings is 2. The van der Waals surface area contributed by atoms with Crippen LogP contribution in [0.3, 0.4) is 0 Å². The van der Waals surface area contributed by atoms with Crippen molar-refractivity contribution in [1.82, 2.24) is 5.32 Å². The molecule has 0 bridgehead atoms. The maximum absolute atomic E-state index is 11.8. The summed E-state index contributed by atoms with van der Waals surface area (Å²) in [5, 5.41) is 5.83. The molecule has 1 fully saturated rings. The van der Waals surface area contributed by atoms with E-state index >= 15 is 0 Å². The average Bonchev–Trinajstić information content (AvgIpc) is 3.39. The first-order valence-corrected chi connectivity index (χ1v) is 8.33. The molecule has 0 unspecified atom stereocenters. The minimum absolute atomic E-state index is 0.108. The number of carbonyl (C=O) groups is 1. The van der Waals surface area contributed by atoms with Gasteiger partial charge in [0.1, 0.15) is 0 Å². The summed E-state index contributed by atoms with van der Waals surface area (Å²) >= 11 is 0. The van der Waals surface area contributed by atoms with E-state index in [2.05, 4.69) is 51.9 Å². The van der Waals surface area contributed by atoms with Gasteiger partial charge in [0.25, 0.3) is 0 Å². The molecule has 2 aromatic carbocycles. The Morgan fingerprint density at radius 3 is 2.61 bits per heavy atom. The lowest BCUT2D eigenvalue weighted by atomic mass is 10.0. The molecule has 1 aliphatic heterocycles. The molecular weight excluding hydrogens is 286 g/mol. The van der Waals surface area contributed by atoms with Crippen LogP contribution in [0, 0.1) is 0 Å². The number of carbonyl (C=O) groups excluding carboxylic acids is 1. The number of rotatable bonds is 3. The molecule has 0 aromatic heterocycles. The number of hydrogen-bond donors (Lipinski definition) is 2. The van der Waals surface area contributed by atoms with E-state index in [4.69, 9.17) is 0 Å². The highest BCUT2D eigenvalue weighted by Gasteiger charge is 2.23. The topological polar surface area (TPSA) is 44.4 Å². The molecule has 4 nitrogen and oxygen atoms in total. The Morgan fingerprint density at radius 1 is 1.04 bits per heavy atom. The molecule has 0 saturated heterocycles. The normalized spacial score (nSPS) is 16.6. The lowest BCUT2D eigenvalue weighted by molar-refractivity contribution is 0.251. The van der Waals surface area contributed by atoms with E-state index in [0.29, 0.717) is 6.04 Å². The highest BCUT2D eigenvalue weighted by molar-refractivity contribution is 5.90. The monoisotopic (exact) mass is 307 g/mol. The molecule has 2 aliphatic rings. The number of nitrogens with one attached hydrogen (secondary N) is 2. The molecule has 0 spiro atoms. The van der Waals surface area contributed by atoms with Gasteiger partial charge < -0.3 is 15.5 Å². The maximum atomic E-state index is 11.8. The van der Waals surface area contributed by atoms with Crippen LogP contribution in [0.15, 0.2) is 48.5 Å². The van der Waals surface area contributed by atoms with Gasteiger partial charge >= 0.3 is 6.03 Å². The number of fused-ring (bicyclic) bond motifs is 1. The second-order valence-electron chi connectivity index (χ2n) is 6.30. The van der Waals surface area contributed by atoms with Gasteiger partial charge in [-0.25, -0.2) is 4.79 Å². The van der Waals surface area contributed by atoms with Crippen molar-refractivity contribution < 1.29 is 4.79 Å². The number of hydrogen-bond acceptors (Lipinski definition) is 2. The third-order valence-corrected chi connectivity index (χ3v) is 4.46. The Bertz CT molecular complexity index is 707. The van der Waals surface area contributed by atoms with Gasteiger partial charge in [-0.1, -0.05) is 18.2 Å². The Labute approximate surface area is 136 Å². The first kappa shape index (κ1) is 14.1. The Kier molecular flexibility index (Phi) is 3.66. The van der Waals surface area contributed by atoms with Crippen LogP contribution in [-0.4, -0.2) is 18.6 Å². The van der Waals surface area contributed by atoms with Crippen molar-refractivity contribution in [2.75, 3.05) is 16.8 Å². The summed E-state index contributed by atoms with van der Waals surface area (Å²) < 4.78 is 0. The summed E-state index contributed by atoms with van der Waals surface area (Å²) in [5.74, 6) is 0. The number of nitrogens with zero attached hydrogens (tertiary/aromatic N) is 1. The lowest BCUT2D eigenvalue weighted by Crippen LogP contribution is -2.30. The van der Waals surface area contributed by atoms with E-state index in [1.807, 2.05) is 12.1 Å². The number of aryl methyl sites for hydroxylation is 1. The highest BCUT2D eigenvalue weighted by atomic mass is 16.2. The minimum Gasteiger partial charge on any atom is -0.341 e. The van der Waals surface area contributed by atoms with Crippen LogP contribution in [0.25, 0.3) is 0 Å². The number of urea groups is 1. The third-order valence-electron chi connectivity index (χ3n) is 4.46. The van der Waals surface area contributed by atoms with Gasteiger partial charge in [-0.05, 0) is 61.6 Å². The molecular formula is C19H21N3O. The average molecular weight is 307 g/mol. The molecule has 4 heteroatoms. The maximum Gasteiger partial charge on any atom is 0.319 e. The van der Waals surface area contributed by atoms with Crippen LogP contribution >= 0.6 is 0 Å². The Morgan fingerprint density at radius 2 is 1.83 bits per heavy atom. The summed E-state index contributed by atoms with van der Waals surface area (Å²) in [6, 6.07) is 17.0. The number of para-hydroxylation sites is 1. The van der Waals surface area contributed by atoms with E-state index < -0.39 is 0 Å². The quantitative estimate of drug-likeness (QED) is 0.898. The molecule has 1 saturated carbocycles. The van der Waals surface area contributed by atoms with Gasteiger partial charge in [-0.3, -0.25) is 0 Å². The third kappa shape index (κ3) is 3.16. The van der Waals surface area contributed by atoms with Crippen LogP contribution in [0.1, 0.15) is 24.8 Å². The van der Waals surface area contributed by atoms with Crippen LogP contribution in [0.5, 0.6) is 0 Å². The number of amides is 2. The first-order chi connectivity index (χ1) is 11.3. The lowest BCUT2D eigenvalue weighted by Gasteiger charge is -2.31. The van der Waals surface area contributed by atoms with Gasteiger partial charge in [0.05, 0.1) is 0 Å². The molecule has 1 heterocycles. The van der Waals surface area contributed by atoms with E-state index in [-0.39, 0.29) is 6.03 Å². The van der Waals surface area contributed by atoms with E-state index in [0.717, 1.165) is 31.5 Å². The van der Waals surface area contributed by atoms with Crippen LogP contribution in [0.4, 0.5) is 21.9 Å². The highest BCUT2D eigenvalue weighted by Crippen LogP contribution is 2.33. The zero-order chi connectivity index (χ0) is 15.6. The smallest absolute Gasteiger partial charge is 0.319 e. The molecule has 4 rings (SSSR count). The van der Waals surface area contributed by atoms with Gasteiger partial charge in [0.15, 0.2) is 0 Å². The molecule has 1 aliphatic carbocycles. The minimum atomic E-state index is -0.108. The molecule has 0 radical (unpaired) electrons. The standard InChI is InChI=1S/C19H21N3O/c23-19(20-15-7-8-15)21-16-9-11-17(12-10-16)22-13-3-5-14-4-1-2-6-18(14)22/h1-2,4,6,9-12,15H,3,5,7-8,13H2,(H2,20,21,23). The van der Waals surface area contributed by atoms with Crippen molar-refractivity contribution in [3.05, 3.63) is 54.1 Å². The molecule has 23 heavy (non-hydrogen) atoms. The molecule has 118 valence electrons. The van der Waals surface area contributed by atoms with E-state index in [1.165, 1.54) is 23.4 Å². The van der Waals surface area contributed by atoms with Crippen molar-refractivity contribution >= 4 is 23.1 Å². The molecule has 2 amide bonds. The SMILES string of the molecule is O=C(Nc1ccc(N2CCCc3ccccc32)cc1)NC1CC1. The second kappa shape index (κ2) is 5.95. The summed E-state index contributed by atoms with van der Waals surface area (Å²) in [6.45, 7) is 1.03. The second-order valence-corrected chi connectivity index (χ2v) is 6.30. The van der Waals surface area contributed by atoms with Crippen molar-refractivity contribution in [1.29, 1.82) is 0 Å². The molecule has 0 atom stereocenters. The predicted molar refractivity (Wildman–Crippen MR) is 93.4 cm³/mol. The van der Waals surface area contributed by atoms with Gasteiger partial charge in [-0.2, -0.15) is 0 Å². The largest absolute Gasteiger partial charge is 0.341 e. The van der Waals surface area contributed by atoms with Gasteiger partial charge in [-0.15, -0.1) is 0 Å². The van der Waals surface area contributed by atoms with E-state index in [1.54, 1.807) is 0 Å². The molecule has 2 N–H and O–H groups in total. The fourth-order valence-corrected chi connectivity index (χ4v) is 3.11. The zero-order valence-electron chi connectivity index (χ0n) is 13.1. The van der Waals surface area contributed by atoms with Gasteiger partial charge in [0, 0.05) is 29.6 Å². The summed E-state index contributed by atoms with van der Waals surface area (Å²) in [4.78, 5) is 14.1. The zero-order valence-corrected chi connectivity index (χ0v) is 13.1. The number of anilines is 3. The molecule has 2 aromatic rings. The summed E-state index contributed by atoms with van der Waals surface area (Å²) in [5.41, 5.74) is 4.71. The van der Waals surface area contributed by atoms with Crippen LogP contribution in [0.2, 0.25) is 0 Å². The fourth-order valence-electron chi connectivity index (χ4n) is 3.11. The van der Waals surface area contributed by atoms with Crippen LogP contribution in [-0.2, 0) is 6.42 Å². The van der Waals surface area contributed by atoms with Crippen molar-refractivity contribution in [3.8, 4) is 0 Å².